The first-order chi connectivity index (χ1) is 7.45. The summed E-state index contributed by atoms with van der Waals surface area (Å²) >= 11 is 0. The van der Waals surface area contributed by atoms with E-state index in [4.69, 9.17) is 4.84 Å². The number of rotatable bonds is 3. The third-order valence-electron chi connectivity index (χ3n) is 3.25. The van der Waals surface area contributed by atoms with E-state index in [1.165, 1.54) is 44.9 Å². The molecule has 0 amide bonds. The van der Waals surface area contributed by atoms with Gasteiger partial charge in [0, 0.05) is 12.3 Å². The summed E-state index contributed by atoms with van der Waals surface area (Å²) in [6.07, 6.45) is 16.5. The van der Waals surface area contributed by atoms with Gasteiger partial charge >= 0.3 is 0 Å². The molecule has 0 saturated heterocycles. The van der Waals surface area contributed by atoms with E-state index < -0.39 is 0 Å². The van der Waals surface area contributed by atoms with Crippen LogP contribution in [0, 0.1) is 5.92 Å². The molecule has 0 aromatic rings. The van der Waals surface area contributed by atoms with E-state index in [0.717, 1.165) is 18.6 Å². The van der Waals surface area contributed by atoms with Crippen molar-refractivity contribution in [2.75, 3.05) is 0 Å². The molecule has 0 unspecified atom stereocenters. The molecular weight excluding hydrogens is 186 g/mol. The molecule has 1 saturated carbocycles. The second-order valence-corrected chi connectivity index (χ2v) is 4.56. The Morgan fingerprint density at radius 2 is 2.00 bits per heavy atom. The van der Waals surface area contributed by atoms with Crippen LogP contribution in [0.3, 0.4) is 0 Å². The van der Waals surface area contributed by atoms with Gasteiger partial charge in [-0.05, 0) is 38.2 Å². The fourth-order valence-electron chi connectivity index (χ4n) is 2.28. The van der Waals surface area contributed by atoms with Gasteiger partial charge in [0.1, 0.15) is 12.0 Å². The number of nitrogens with zero attached hydrogens (tertiary/aromatic N) is 1. The summed E-state index contributed by atoms with van der Waals surface area (Å²) in [6, 6.07) is 0. The van der Waals surface area contributed by atoms with E-state index in [-0.39, 0.29) is 0 Å². The van der Waals surface area contributed by atoms with Crippen LogP contribution < -0.4 is 0 Å². The molecule has 2 nitrogen and oxygen atoms in total. The highest BCUT2D eigenvalue weighted by Crippen LogP contribution is 2.22. The van der Waals surface area contributed by atoms with Crippen molar-refractivity contribution in [1.29, 1.82) is 0 Å². The summed E-state index contributed by atoms with van der Waals surface area (Å²) in [5.41, 5.74) is 0. The molecule has 1 radical (unpaired) electrons. The molecule has 2 heteroatoms. The standard InChI is InChI=1S/C13H20NO/c1-3-7-12(8-4-1)11-14-15-13-9-5-2-6-10-13/h9,12H,1-8,10H2. The zero-order valence-corrected chi connectivity index (χ0v) is 9.37. The van der Waals surface area contributed by atoms with E-state index in [2.05, 4.69) is 17.4 Å². The van der Waals surface area contributed by atoms with Gasteiger partial charge in [-0.1, -0.05) is 24.4 Å². The van der Waals surface area contributed by atoms with Crippen LogP contribution in [0.1, 0.15) is 57.8 Å². The van der Waals surface area contributed by atoms with Crippen LogP contribution in [0.2, 0.25) is 0 Å². The molecule has 0 aromatic carbocycles. The van der Waals surface area contributed by atoms with E-state index in [0.29, 0.717) is 5.92 Å². The minimum Gasteiger partial charge on any atom is -0.361 e. The van der Waals surface area contributed by atoms with Gasteiger partial charge in [0.25, 0.3) is 0 Å². The number of allylic oxidation sites excluding steroid dienone is 2. The van der Waals surface area contributed by atoms with Crippen molar-refractivity contribution >= 4 is 6.21 Å². The molecule has 1 fully saturated rings. The van der Waals surface area contributed by atoms with Crippen molar-refractivity contribution in [1.82, 2.24) is 0 Å². The van der Waals surface area contributed by atoms with Crippen molar-refractivity contribution in [3.63, 3.8) is 0 Å². The first-order valence-corrected chi connectivity index (χ1v) is 6.27. The molecule has 0 aliphatic heterocycles. The van der Waals surface area contributed by atoms with Gasteiger partial charge in [-0.25, -0.2) is 0 Å². The molecule has 15 heavy (non-hydrogen) atoms. The lowest BCUT2D eigenvalue weighted by Crippen LogP contribution is -2.07. The minimum atomic E-state index is 0.544. The summed E-state index contributed by atoms with van der Waals surface area (Å²) in [5, 5.41) is 4.00. The lowest BCUT2D eigenvalue weighted by Gasteiger charge is -2.16. The molecule has 0 spiro atoms. The Morgan fingerprint density at radius 3 is 2.73 bits per heavy atom. The van der Waals surface area contributed by atoms with Crippen LogP contribution in [-0.4, -0.2) is 6.21 Å². The number of hydrogen-bond donors (Lipinski definition) is 0. The summed E-state index contributed by atoms with van der Waals surface area (Å²) < 4.78 is 0. The first-order valence-electron chi connectivity index (χ1n) is 6.27. The average molecular weight is 206 g/mol. The topological polar surface area (TPSA) is 21.6 Å². The highest BCUT2D eigenvalue weighted by atomic mass is 16.6. The van der Waals surface area contributed by atoms with Crippen molar-refractivity contribution in [3.05, 3.63) is 11.8 Å². The number of hydrogen-bond acceptors (Lipinski definition) is 2. The molecule has 83 valence electrons. The zero-order valence-electron chi connectivity index (χ0n) is 9.37. The molecule has 2 aliphatic rings. The average Bonchev–Trinajstić information content (AvgIpc) is 2.32. The highest BCUT2D eigenvalue weighted by molar-refractivity contribution is 5.60. The molecule has 0 N–H and O–H groups in total. The summed E-state index contributed by atoms with van der Waals surface area (Å²) in [6.45, 7) is 0. The van der Waals surface area contributed by atoms with Gasteiger partial charge in [-0.3, -0.25) is 0 Å². The summed E-state index contributed by atoms with van der Waals surface area (Å²) in [4.78, 5) is 5.36. The Kier molecular flexibility index (Phi) is 4.24. The second kappa shape index (κ2) is 5.94. The van der Waals surface area contributed by atoms with Crippen LogP contribution in [0.15, 0.2) is 17.0 Å². The maximum Gasteiger partial charge on any atom is 0.131 e. The smallest absolute Gasteiger partial charge is 0.131 e. The summed E-state index contributed by atoms with van der Waals surface area (Å²) in [7, 11) is 0. The van der Waals surface area contributed by atoms with Crippen LogP contribution in [-0.2, 0) is 4.84 Å². The molecule has 2 aliphatic carbocycles. The van der Waals surface area contributed by atoms with E-state index in [9.17, 15) is 0 Å². The van der Waals surface area contributed by atoms with Crippen molar-refractivity contribution in [3.8, 4) is 0 Å². The molecular formula is C13H20NO. The second-order valence-electron chi connectivity index (χ2n) is 4.56. The van der Waals surface area contributed by atoms with Crippen LogP contribution in [0.5, 0.6) is 0 Å². The molecule has 0 aromatic heterocycles. The Hall–Kier alpha value is -0.790. The molecule has 0 bridgehead atoms. The maximum absolute atomic E-state index is 5.36. The fraction of sp³-hybridized carbons (Fsp3) is 0.769. The van der Waals surface area contributed by atoms with Gasteiger partial charge in [-0.15, -0.1) is 0 Å². The Labute approximate surface area is 92.4 Å². The fourth-order valence-corrected chi connectivity index (χ4v) is 2.28. The first kappa shape index (κ1) is 10.7. The van der Waals surface area contributed by atoms with Crippen LogP contribution in [0.25, 0.3) is 0 Å². The predicted molar refractivity (Wildman–Crippen MR) is 61.6 cm³/mol. The maximum atomic E-state index is 5.36. The Bertz CT molecular complexity index is 239. The SMILES string of the molecule is [C](=N\OC1=CCCCC1)/C1CCCCC1. The highest BCUT2D eigenvalue weighted by Gasteiger charge is 2.12. The zero-order chi connectivity index (χ0) is 10.3. The van der Waals surface area contributed by atoms with Gasteiger partial charge in [0.2, 0.25) is 0 Å². The lowest BCUT2D eigenvalue weighted by atomic mass is 9.90. The van der Waals surface area contributed by atoms with Gasteiger partial charge in [0.05, 0.1) is 0 Å². The van der Waals surface area contributed by atoms with Gasteiger partial charge in [-0.2, -0.15) is 0 Å². The third-order valence-corrected chi connectivity index (χ3v) is 3.25. The summed E-state index contributed by atoms with van der Waals surface area (Å²) in [5.74, 6) is 1.59. The molecule has 0 atom stereocenters. The largest absolute Gasteiger partial charge is 0.361 e. The van der Waals surface area contributed by atoms with Crippen molar-refractivity contribution < 1.29 is 4.84 Å². The Balaban J connectivity index is 1.71. The lowest BCUT2D eigenvalue weighted by molar-refractivity contribution is 0.207. The quantitative estimate of drug-likeness (QED) is 0.507. The van der Waals surface area contributed by atoms with Crippen molar-refractivity contribution in [2.24, 2.45) is 11.1 Å². The van der Waals surface area contributed by atoms with E-state index >= 15 is 0 Å². The van der Waals surface area contributed by atoms with Crippen LogP contribution in [0.4, 0.5) is 0 Å². The monoisotopic (exact) mass is 206 g/mol. The minimum absolute atomic E-state index is 0.544. The van der Waals surface area contributed by atoms with E-state index in [1.54, 1.807) is 0 Å². The van der Waals surface area contributed by atoms with E-state index in [1.807, 2.05) is 0 Å². The Morgan fingerprint density at radius 1 is 1.13 bits per heavy atom. The predicted octanol–water partition coefficient (Wildman–Crippen LogP) is 3.90. The third kappa shape index (κ3) is 3.69. The molecule has 2 rings (SSSR count). The van der Waals surface area contributed by atoms with Gasteiger partial charge < -0.3 is 4.84 Å². The molecule has 0 heterocycles. The van der Waals surface area contributed by atoms with Crippen LogP contribution >= 0.6 is 0 Å². The van der Waals surface area contributed by atoms with Gasteiger partial charge in [0.15, 0.2) is 0 Å². The normalized spacial score (nSPS) is 24.1. The van der Waals surface area contributed by atoms with Crippen molar-refractivity contribution in [2.45, 2.75) is 57.8 Å².